The summed E-state index contributed by atoms with van der Waals surface area (Å²) in [5.74, 6) is 0.831. The standard InChI is InChI=1S/C13H9N2O.C2H6/c1-15-11-5-3-2-4-10(11)13-12(15)6-9(7-14)8-16-13;1-2/h2-6,8H,1H3;1-2H3/q+1;. The fraction of sp³-hybridized carbons (Fsp3) is 0.200. The zero-order valence-electron chi connectivity index (χ0n) is 10.8. The van der Waals surface area contributed by atoms with Crippen LogP contribution in [0.25, 0.3) is 22.4 Å². The maximum absolute atomic E-state index is 8.84. The Balaban J connectivity index is 0.000000574. The third kappa shape index (κ3) is 1.72. The zero-order chi connectivity index (χ0) is 13.1. The maximum atomic E-state index is 8.84. The minimum atomic E-state index is 0.540. The first-order valence-corrected chi connectivity index (χ1v) is 6.00. The average molecular weight is 239 g/mol. The normalized spacial score (nSPS) is 9.89. The van der Waals surface area contributed by atoms with Crippen LogP contribution in [-0.4, -0.2) is 0 Å². The number of fused-ring (bicyclic) bond motifs is 3. The maximum Gasteiger partial charge on any atom is 0.250 e. The lowest BCUT2D eigenvalue weighted by Crippen LogP contribution is -2.27. The van der Waals surface area contributed by atoms with E-state index in [2.05, 4.69) is 6.07 Å². The smallest absolute Gasteiger partial charge is 0.250 e. The lowest BCUT2D eigenvalue weighted by atomic mass is 10.2. The molecule has 2 heterocycles. The van der Waals surface area contributed by atoms with Crippen molar-refractivity contribution in [3.05, 3.63) is 42.2 Å². The lowest BCUT2D eigenvalue weighted by molar-refractivity contribution is -0.631. The summed E-state index contributed by atoms with van der Waals surface area (Å²) in [5, 5.41) is 9.92. The Hall–Kier alpha value is -2.34. The number of nitriles is 1. The predicted octanol–water partition coefficient (Wildman–Crippen LogP) is 3.26. The van der Waals surface area contributed by atoms with Gasteiger partial charge in [0.05, 0.1) is 10.9 Å². The molecule has 0 radical (unpaired) electrons. The number of hydrogen-bond acceptors (Lipinski definition) is 2. The van der Waals surface area contributed by atoms with E-state index in [-0.39, 0.29) is 0 Å². The molecule has 3 heteroatoms. The van der Waals surface area contributed by atoms with Crippen LogP contribution in [0.2, 0.25) is 0 Å². The molecule has 0 bridgehead atoms. The highest BCUT2D eigenvalue weighted by Gasteiger charge is 2.25. The Bertz CT molecular complexity index is 692. The fourth-order valence-electron chi connectivity index (χ4n) is 2.03. The lowest BCUT2D eigenvalue weighted by Gasteiger charge is -1.93. The Morgan fingerprint density at radius 1 is 1.22 bits per heavy atom. The Morgan fingerprint density at radius 2 is 1.94 bits per heavy atom. The van der Waals surface area contributed by atoms with Gasteiger partial charge in [-0.1, -0.05) is 26.0 Å². The van der Waals surface area contributed by atoms with Crippen LogP contribution in [0.1, 0.15) is 19.4 Å². The second-order valence-electron chi connectivity index (χ2n) is 3.74. The first-order valence-electron chi connectivity index (χ1n) is 6.00. The Morgan fingerprint density at radius 3 is 2.67 bits per heavy atom. The molecule has 0 amide bonds. The van der Waals surface area contributed by atoms with Gasteiger partial charge in [0.2, 0.25) is 11.3 Å². The quantitative estimate of drug-likeness (QED) is 0.565. The van der Waals surface area contributed by atoms with Crippen molar-refractivity contribution in [2.75, 3.05) is 0 Å². The van der Waals surface area contributed by atoms with E-state index in [9.17, 15) is 0 Å². The summed E-state index contributed by atoms with van der Waals surface area (Å²) in [6, 6.07) is 12.0. The van der Waals surface area contributed by atoms with Crippen molar-refractivity contribution < 1.29 is 8.98 Å². The van der Waals surface area contributed by atoms with Gasteiger partial charge in [-0.15, -0.1) is 0 Å². The highest BCUT2D eigenvalue weighted by Crippen LogP contribution is 2.29. The molecule has 3 rings (SSSR count). The third-order valence-corrected chi connectivity index (χ3v) is 2.83. The first kappa shape index (κ1) is 12.1. The van der Waals surface area contributed by atoms with Crippen molar-refractivity contribution in [1.29, 1.82) is 5.26 Å². The average Bonchev–Trinajstić information content (AvgIpc) is 2.75. The van der Waals surface area contributed by atoms with Gasteiger partial charge in [0.25, 0.3) is 5.69 Å². The van der Waals surface area contributed by atoms with Crippen LogP contribution in [0.3, 0.4) is 0 Å². The van der Waals surface area contributed by atoms with E-state index in [1.165, 1.54) is 6.26 Å². The molecule has 1 aromatic carbocycles. The van der Waals surface area contributed by atoms with E-state index >= 15 is 0 Å². The minimum Gasteiger partial charge on any atom is -0.456 e. The van der Waals surface area contributed by atoms with Crippen LogP contribution in [0.5, 0.6) is 0 Å². The van der Waals surface area contributed by atoms with Gasteiger partial charge >= 0.3 is 0 Å². The summed E-state index contributed by atoms with van der Waals surface area (Å²) in [6.07, 6.45) is 1.49. The van der Waals surface area contributed by atoms with Gasteiger partial charge in [-0.2, -0.15) is 9.83 Å². The fourth-order valence-corrected chi connectivity index (χ4v) is 2.03. The van der Waals surface area contributed by atoms with E-state index in [0.717, 1.165) is 22.4 Å². The van der Waals surface area contributed by atoms with Crippen molar-refractivity contribution in [3.63, 3.8) is 0 Å². The second kappa shape index (κ2) is 4.89. The summed E-state index contributed by atoms with van der Waals surface area (Å²) >= 11 is 0. The number of para-hydroxylation sites is 1. The summed E-state index contributed by atoms with van der Waals surface area (Å²) in [4.78, 5) is 0. The Labute approximate surface area is 106 Å². The molecule has 0 fully saturated rings. The van der Waals surface area contributed by atoms with E-state index < -0.39 is 0 Å². The summed E-state index contributed by atoms with van der Waals surface area (Å²) in [5.41, 5.74) is 2.59. The molecule has 0 N–H and O–H groups in total. The van der Waals surface area contributed by atoms with Crippen LogP contribution >= 0.6 is 0 Å². The molecule has 18 heavy (non-hydrogen) atoms. The van der Waals surface area contributed by atoms with Gasteiger partial charge in [0, 0.05) is 12.1 Å². The van der Waals surface area contributed by atoms with Gasteiger partial charge < -0.3 is 4.42 Å². The topological polar surface area (TPSA) is 40.8 Å². The predicted molar refractivity (Wildman–Crippen MR) is 70.1 cm³/mol. The van der Waals surface area contributed by atoms with Crippen molar-refractivity contribution >= 4 is 10.9 Å². The van der Waals surface area contributed by atoms with Crippen LogP contribution in [0.15, 0.2) is 41.0 Å². The monoisotopic (exact) mass is 239 g/mol. The number of nitrogens with zero attached hydrogens (tertiary/aromatic N) is 2. The van der Waals surface area contributed by atoms with Crippen molar-refractivity contribution in [1.82, 2.24) is 0 Å². The van der Waals surface area contributed by atoms with Crippen molar-refractivity contribution in [2.45, 2.75) is 13.8 Å². The molecule has 0 spiro atoms. The number of benzene rings is 1. The summed E-state index contributed by atoms with van der Waals surface area (Å²) in [6.45, 7) is 4.00. The molecule has 0 atom stereocenters. The number of rotatable bonds is 0. The molecule has 2 aliphatic rings. The van der Waals surface area contributed by atoms with E-state index in [1.807, 2.05) is 55.8 Å². The van der Waals surface area contributed by atoms with Gasteiger partial charge in [0.15, 0.2) is 0 Å². The highest BCUT2D eigenvalue weighted by atomic mass is 16.3. The number of aryl methyl sites for hydroxylation is 1. The van der Waals surface area contributed by atoms with Gasteiger partial charge in [-0.25, -0.2) is 0 Å². The van der Waals surface area contributed by atoms with E-state index in [4.69, 9.17) is 9.68 Å². The summed E-state index contributed by atoms with van der Waals surface area (Å²) < 4.78 is 7.56. The number of aromatic nitrogens is 1. The third-order valence-electron chi connectivity index (χ3n) is 2.83. The summed E-state index contributed by atoms with van der Waals surface area (Å²) in [7, 11) is 1.97. The Kier molecular flexibility index (Phi) is 3.29. The van der Waals surface area contributed by atoms with E-state index in [1.54, 1.807) is 0 Å². The van der Waals surface area contributed by atoms with Crippen molar-refractivity contribution in [3.8, 4) is 17.5 Å². The van der Waals surface area contributed by atoms with Crippen molar-refractivity contribution in [2.24, 2.45) is 7.05 Å². The SMILES string of the molecule is CC.C[n+]1c2cc(C#N)coc-2c2ccccc21. The first-order chi connectivity index (χ1) is 8.81. The van der Waals surface area contributed by atoms with Gasteiger partial charge in [0.1, 0.15) is 19.4 Å². The van der Waals surface area contributed by atoms with E-state index in [0.29, 0.717) is 5.56 Å². The van der Waals surface area contributed by atoms with Crippen LogP contribution in [0.4, 0.5) is 0 Å². The molecule has 0 saturated heterocycles. The second-order valence-corrected chi connectivity index (χ2v) is 3.74. The highest BCUT2D eigenvalue weighted by molar-refractivity contribution is 5.90. The van der Waals surface area contributed by atoms with Gasteiger partial charge in [-0.3, -0.25) is 0 Å². The number of hydrogen-bond donors (Lipinski definition) is 0. The molecule has 1 aromatic rings. The van der Waals surface area contributed by atoms with Crippen LogP contribution in [0, 0.1) is 11.3 Å². The zero-order valence-corrected chi connectivity index (χ0v) is 10.8. The molecule has 2 aliphatic heterocycles. The molecule has 0 aliphatic carbocycles. The molecule has 0 aromatic heterocycles. The minimum absolute atomic E-state index is 0.540. The molecular formula is C15H15N2O+. The van der Waals surface area contributed by atoms with Crippen LogP contribution in [-0.2, 0) is 7.05 Å². The largest absolute Gasteiger partial charge is 0.456 e. The van der Waals surface area contributed by atoms with Crippen LogP contribution < -0.4 is 4.57 Å². The molecular weight excluding hydrogens is 224 g/mol. The molecule has 3 nitrogen and oxygen atoms in total. The molecule has 0 saturated carbocycles. The molecule has 90 valence electrons. The van der Waals surface area contributed by atoms with Gasteiger partial charge in [-0.05, 0) is 6.07 Å². The molecule has 0 unspecified atom stereocenters.